The van der Waals surface area contributed by atoms with Gasteiger partial charge >= 0.3 is 0 Å². The van der Waals surface area contributed by atoms with Crippen molar-refractivity contribution in [1.29, 1.82) is 0 Å². The van der Waals surface area contributed by atoms with Gasteiger partial charge in [-0.25, -0.2) is 4.98 Å². The highest BCUT2D eigenvalue weighted by Gasteiger charge is 2.12. The Bertz CT molecular complexity index is 935. The Balaban J connectivity index is 1.83. The second-order valence-corrected chi connectivity index (χ2v) is 5.43. The molecular formula is C16H13ClN4O2. The zero-order valence-electron chi connectivity index (χ0n) is 12.0. The number of hydrogen-bond donors (Lipinski definition) is 3. The van der Waals surface area contributed by atoms with Crippen LogP contribution in [0.4, 0.5) is 5.82 Å². The van der Waals surface area contributed by atoms with Crippen LogP contribution in [0.2, 0.25) is 5.02 Å². The van der Waals surface area contributed by atoms with Gasteiger partial charge in [-0.3, -0.25) is 9.59 Å². The average molecular weight is 329 g/mol. The minimum absolute atomic E-state index is 0.0260. The lowest BCUT2D eigenvalue weighted by molar-refractivity contribution is 0.0949. The highest BCUT2D eigenvalue weighted by molar-refractivity contribution is 6.30. The Hall–Kier alpha value is -2.86. The number of nitrogen functional groups attached to an aromatic ring is 1. The number of benzene rings is 1. The Morgan fingerprint density at radius 1 is 1.22 bits per heavy atom. The number of hydrogen-bond acceptors (Lipinski definition) is 4. The maximum absolute atomic E-state index is 12.2. The number of aromatic amines is 1. The molecule has 0 unspecified atom stereocenters. The van der Waals surface area contributed by atoms with Gasteiger partial charge in [-0.05, 0) is 35.9 Å². The van der Waals surface area contributed by atoms with Crippen LogP contribution in [-0.4, -0.2) is 15.9 Å². The number of rotatable bonds is 3. The number of amides is 1. The third kappa shape index (κ3) is 3.32. The van der Waals surface area contributed by atoms with Crippen molar-refractivity contribution in [3.63, 3.8) is 0 Å². The molecule has 2 aromatic heterocycles. The molecule has 7 heteroatoms. The summed E-state index contributed by atoms with van der Waals surface area (Å²) in [6, 6.07) is 11.9. The molecule has 0 fully saturated rings. The van der Waals surface area contributed by atoms with E-state index in [1.54, 1.807) is 36.4 Å². The van der Waals surface area contributed by atoms with Gasteiger partial charge in [0, 0.05) is 17.0 Å². The Labute approximate surface area is 136 Å². The lowest BCUT2D eigenvalue weighted by Gasteiger charge is -2.06. The first-order chi connectivity index (χ1) is 11.0. The van der Waals surface area contributed by atoms with Gasteiger partial charge in [-0.15, -0.1) is 0 Å². The van der Waals surface area contributed by atoms with Gasteiger partial charge in [0.1, 0.15) is 17.0 Å². The number of H-pyrrole nitrogens is 1. The van der Waals surface area contributed by atoms with E-state index in [1.165, 1.54) is 6.07 Å². The molecule has 0 spiro atoms. The Kier molecular flexibility index (Phi) is 3.99. The van der Waals surface area contributed by atoms with E-state index in [0.29, 0.717) is 28.4 Å². The Morgan fingerprint density at radius 3 is 2.70 bits per heavy atom. The molecule has 0 aliphatic heterocycles. The highest BCUT2D eigenvalue weighted by atomic mass is 35.5. The summed E-state index contributed by atoms with van der Waals surface area (Å²) in [6.07, 6.45) is 0. The minimum atomic E-state index is -0.510. The van der Waals surface area contributed by atoms with Crippen molar-refractivity contribution in [2.24, 2.45) is 0 Å². The number of carbonyl (C=O) groups is 1. The predicted octanol–water partition coefficient (Wildman–Crippen LogP) is 2.09. The van der Waals surface area contributed by atoms with E-state index in [-0.39, 0.29) is 5.56 Å². The quantitative estimate of drug-likeness (QED) is 0.685. The topological polar surface area (TPSA) is 101 Å². The smallest absolute Gasteiger partial charge is 0.262 e. The van der Waals surface area contributed by atoms with Crippen LogP contribution in [0.25, 0.3) is 11.0 Å². The molecule has 0 saturated carbocycles. The van der Waals surface area contributed by atoms with Gasteiger partial charge in [-0.1, -0.05) is 23.7 Å². The zero-order valence-corrected chi connectivity index (χ0v) is 12.7. The summed E-state index contributed by atoms with van der Waals surface area (Å²) in [7, 11) is 0. The van der Waals surface area contributed by atoms with E-state index in [1.807, 2.05) is 0 Å². The van der Waals surface area contributed by atoms with E-state index >= 15 is 0 Å². The zero-order chi connectivity index (χ0) is 16.4. The lowest BCUT2D eigenvalue weighted by Crippen LogP contribution is -2.29. The maximum Gasteiger partial charge on any atom is 0.262 e. The summed E-state index contributed by atoms with van der Waals surface area (Å²) in [5.41, 5.74) is 6.32. The van der Waals surface area contributed by atoms with Gasteiger partial charge in [0.25, 0.3) is 11.5 Å². The van der Waals surface area contributed by atoms with Crippen molar-refractivity contribution >= 4 is 34.4 Å². The number of aromatic nitrogens is 2. The second-order valence-electron chi connectivity index (χ2n) is 5.00. The molecule has 1 amide bonds. The fourth-order valence-corrected chi connectivity index (χ4v) is 2.27. The van der Waals surface area contributed by atoms with Crippen LogP contribution in [0.15, 0.2) is 47.3 Å². The molecule has 3 aromatic rings. The molecule has 3 rings (SSSR count). The molecule has 0 aliphatic carbocycles. The summed E-state index contributed by atoms with van der Waals surface area (Å²) < 4.78 is 0. The number of carbonyl (C=O) groups excluding carboxylic acids is 1. The predicted molar refractivity (Wildman–Crippen MR) is 89.4 cm³/mol. The third-order valence-corrected chi connectivity index (χ3v) is 3.59. The van der Waals surface area contributed by atoms with E-state index < -0.39 is 11.5 Å². The van der Waals surface area contributed by atoms with Crippen LogP contribution >= 0.6 is 11.6 Å². The Morgan fingerprint density at radius 2 is 1.96 bits per heavy atom. The molecule has 4 N–H and O–H groups in total. The first-order valence-corrected chi connectivity index (χ1v) is 7.23. The number of pyridine rings is 2. The lowest BCUT2D eigenvalue weighted by atomic mass is 10.2. The van der Waals surface area contributed by atoms with Crippen molar-refractivity contribution in [1.82, 2.24) is 15.3 Å². The molecular weight excluding hydrogens is 316 g/mol. The van der Waals surface area contributed by atoms with Crippen LogP contribution < -0.4 is 16.6 Å². The highest BCUT2D eigenvalue weighted by Crippen LogP contribution is 2.12. The van der Waals surface area contributed by atoms with Crippen LogP contribution in [0.5, 0.6) is 0 Å². The fourth-order valence-electron chi connectivity index (χ4n) is 2.15. The molecule has 0 atom stereocenters. The van der Waals surface area contributed by atoms with E-state index in [2.05, 4.69) is 15.3 Å². The number of anilines is 1. The van der Waals surface area contributed by atoms with Crippen molar-refractivity contribution in [3.05, 3.63) is 69.0 Å². The largest absolute Gasteiger partial charge is 0.384 e. The second kappa shape index (κ2) is 6.10. The molecule has 6 nitrogen and oxygen atoms in total. The molecule has 0 radical (unpaired) electrons. The number of nitrogens with two attached hydrogens (primary N) is 1. The van der Waals surface area contributed by atoms with Crippen molar-refractivity contribution in [3.8, 4) is 0 Å². The molecule has 0 aliphatic rings. The van der Waals surface area contributed by atoms with Crippen molar-refractivity contribution in [2.45, 2.75) is 6.54 Å². The fraction of sp³-hybridized carbons (Fsp3) is 0.0625. The number of fused-ring (bicyclic) bond motifs is 1. The van der Waals surface area contributed by atoms with Crippen molar-refractivity contribution in [2.75, 3.05) is 5.73 Å². The number of halogens is 1. The molecule has 2 heterocycles. The summed E-state index contributed by atoms with van der Waals surface area (Å²) in [5.74, 6) is -0.159. The van der Waals surface area contributed by atoms with Crippen molar-refractivity contribution < 1.29 is 4.79 Å². The monoisotopic (exact) mass is 328 g/mol. The maximum atomic E-state index is 12.2. The summed E-state index contributed by atoms with van der Waals surface area (Å²) in [4.78, 5) is 30.8. The van der Waals surface area contributed by atoms with Crippen LogP contribution in [-0.2, 0) is 6.54 Å². The van der Waals surface area contributed by atoms with Gasteiger partial charge in [0.2, 0.25) is 0 Å². The summed E-state index contributed by atoms with van der Waals surface area (Å²) >= 11 is 5.81. The average Bonchev–Trinajstić information content (AvgIpc) is 2.53. The molecule has 0 bridgehead atoms. The van der Waals surface area contributed by atoms with E-state index in [4.69, 9.17) is 17.3 Å². The van der Waals surface area contributed by atoms with Crippen LogP contribution in [0, 0.1) is 0 Å². The van der Waals surface area contributed by atoms with Gasteiger partial charge in [-0.2, -0.15) is 0 Å². The molecule has 116 valence electrons. The minimum Gasteiger partial charge on any atom is -0.384 e. The molecule has 23 heavy (non-hydrogen) atoms. The summed E-state index contributed by atoms with van der Waals surface area (Å²) in [5, 5.41) is 3.96. The number of nitrogens with one attached hydrogen (secondary N) is 2. The van der Waals surface area contributed by atoms with E-state index in [9.17, 15) is 9.59 Å². The standard InChI is InChI=1S/C16H13ClN4O2/c17-11-4-1-9(2-5-11)8-19-15(22)12-7-10-3-6-13(18)20-14(10)21-16(12)23/h1-7H,8H2,(H,19,22)(H3,18,20,21,23). The first-order valence-electron chi connectivity index (χ1n) is 6.85. The van der Waals surface area contributed by atoms with Gasteiger partial charge < -0.3 is 16.0 Å². The number of nitrogens with zero attached hydrogens (tertiary/aromatic N) is 1. The van der Waals surface area contributed by atoms with E-state index in [0.717, 1.165) is 5.56 Å². The van der Waals surface area contributed by atoms with Crippen LogP contribution in [0.3, 0.4) is 0 Å². The normalized spacial score (nSPS) is 10.7. The first kappa shape index (κ1) is 15.1. The van der Waals surface area contributed by atoms with Gasteiger partial charge in [0.05, 0.1) is 0 Å². The van der Waals surface area contributed by atoms with Crippen LogP contribution in [0.1, 0.15) is 15.9 Å². The summed E-state index contributed by atoms with van der Waals surface area (Å²) in [6.45, 7) is 0.299. The molecule has 0 saturated heterocycles. The molecule has 1 aromatic carbocycles. The SMILES string of the molecule is Nc1ccc2cc(C(=O)NCc3ccc(Cl)cc3)c(=O)[nH]c2n1. The third-order valence-electron chi connectivity index (χ3n) is 3.34. The van der Waals surface area contributed by atoms with Gasteiger partial charge in [0.15, 0.2) is 0 Å².